The number of rotatable bonds is 6. The normalized spacial score (nSPS) is 16.6. The lowest BCUT2D eigenvalue weighted by Gasteiger charge is -2.41. The Hall–Kier alpha value is -1.91. The molecule has 0 spiro atoms. The second kappa shape index (κ2) is 6.90. The minimum atomic E-state index is -2.54. The highest BCUT2D eigenvalue weighted by atomic mass is 19.3. The van der Waals surface area contributed by atoms with Crippen molar-refractivity contribution in [2.75, 3.05) is 6.61 Å². The molecule has 0 aliphatic heterocycles. The second-order valence-corrected chi connectivity index (χ2v) is 5.61. The summed E-state index contributed by atoms with van der Waals surface area (Å²) in [6.07, 6.45) is 2.01. The van der Waals surface area contributed by atoms with E-state index in [2.05, 4.69) is 5.32 Å². The average Bonchev–Trinajstić information content (AvgIpc) is 2.44. The molecule has 1 aromatic carbocycles. The summed E-state index contributed by atoms with van der Waals surface area (Å²) in [4.78, 5) is 12.4. The molecular weight excluding hydrogens is 288 g/mol. The predicted molar refractivity (Wildman–Crippen MR) is 81.9 cm³/mol. The minimum Gasteiger partial charge on any atom is -0.501 e. The molecule has 5 heteroatoms. The highest BCUT2D eigenvalue weighted by Gasteiger charge is 2.46. The van der Waals surface area contributed by atoms with Gasteiger partial charge in [-0.15, -0.1) is 0 Å². The number of carbonyl (C=O) groups is 1. The Kier molecular flexibility index (Phi) is 5.16. The summed E-state index contributed by atoms with van der Waals surface area (Å²) >= 11 is 0. The molecule has 1 saturated carbocycles. The van der Waals surface area contributed by atoms with Crippen LogP contribution in [0.1, 0.15) is 47.7 Å². The maximum absolute atomic E-state index is 13.2. The standard InChI is InChI=1S/C17H21F2NO2/c1-3-22-10-7-13-6-5-12(2)11-14(13)15(21)20-17(16(18)19)8-4-9-17/h5-7,10-11,16H,3-4,8-9H2,1-2H3,(H,20,21)/b10-7+. The molecule has 1 aliphatic rings. The van der Waals surface area contributed by atoms with Crippen molar-refractivity contribution in [3.63, 3.8) is 0 Å². The number of benzene rings is 1. The Labute approximate surface area is 129 Å². The predicted octanol–water partition coefficient (Wildman–Crippen LogP) is 3.92. The fraction of sp³-hybridized carbons (Fsp3) is 0.471. The van der Waals surface area contributed by atoms with E-state index in [9.17, 15) is 13.6 Å². The van der Waals surface area contributed by atoms with Crippen LogP contribution < -0.4 is 5.32 Å². The monoisotopic (exact) mass is 309 g/mol. The highest BCUT2D eigenvalue weighted by molar-refractivity contribution is 5.98. The Bertz CT molecular complexity index is 566. The Morgan fingerprint density at radius 3 is 2.73 bits per heavy atom. The van der Waals surface area contributed by atoms with Crippen molar-refractivity contribution < 1.29 is 18.3 Å². The smallest absolute Gasteiger partial charge is 0.261 e. The topological polar surface area (TPSA) is 38.3 Å². The van der Waals surface area contributed by atoms with Crippen LogP contribution in [0.25, 0.3) is 6.08 Å². The summed E-state index contributed by atoms with van der Waals surface area (Å²) in [5.41, 5.74) is 0.587. The van der Waals surface area contributed by atoms with E-state index in [1.54, 1.807) is 18.2 Å². The molecule has 120 valence electrons. The van der Waals surface area contributed by atoms with E-state index in [0.29, 0.717) is 30.6 Å². The number of nitrogens with one attached hydrogen (secondary N) is 1. The number of ether oxygens (including phenoxy) is 1. The van der Waals surface area contributed by atoms with E-state index in [0.717, 1.165) is 12.0 Å². The largest absolute Gasteiger partial charge is 0.501 e. The van der Waals surface area contributed by atoms with E-state index in [4.69, 9.17) is 4.74 Å². The first-order valence-electron chi connectivity index (χ1n) is 7.48. The van der Waals surface area contributed by atoms with Gasteiger partial charge in [0, 0.05) is 5.56 Å². The Balaban J connectivity index is 2.22. The van der Waals surface area contributed by atoms with Crippen LogP contribution in [0.15, 0.2) is 24.5 Å². The van der Waals surface area contributed by atoms with Gasteiger partial charge in [0.15, 0.2) is 0 Å². The molecule has 1 aliphatic carbocycles. The quantitative estimate of drug-likeness (QED) is 0.809. The van der Waals surface area contributed by atoms with Crippen LogP contribution in [0.2, 0.25) is 0 Å². The maximum Gasteiger partial charge on any atom is 0.261 e. The number of alkyl halides is 2. The number of amides is 1. The zero-order valence-electron chi connectivity index (χ0n) is 12.9. The van der Waals surface area contributed by atoms with Crippen LogP contribution in [0.5, 0.6) is 0 Å². The molecule has 3 nitrogen and oxygen atoms in total. The first-order valence-corrected chi connectivity index (χ1v) is 7.48. The average molecular weight is 309 g/mol. The fourth-order valence-electron chi connectivity index (χ4n) is 2.48. The lowest BCUT2D eigenvalue weighted by Crippen LogP contribution is -2.58. The van der Waals surface area contributed by atoms with Crippen LogP contribution in [0.3, 0.4) is 0 Å². The maximum atomic E-state index is 13.2. The summed E-state index contributed by atoms with van der Waals surface area (Å²) in [6.45, 7) is 4.24. The van der Waals surface area contributed by atoms with Crippen molar-refractivity contribution in [3.05, 3.63) is 41.2 Å². The molecule has 0 unspecified atom stereocenters. The number of hydrogen-bond donors (Lipinski definition) is 1. The van der Waals surface area contributed by atoms with E-state index in [1.165, 1.54) is 6.26 Å². The van der Waals surface area contributed by atoms with Gasteiger partial charge in [-0.05, 0) is 50.8 Å². The van der Waals surface area contributed by atoms with Gasteiger partial charge >= 0.3 is 0 Å². The van der Waals surface area contributed by atoms with Crippen LogP contribution in [-0.2, 0) is 4.74 Å². The third-order valence-corrected chi connectivity index (χ3v) is 3.99. The molecule has 0 atom stereocenters. The van der Waals surface area contributed by atoms with Gasteiger partial charge in [-0.2, -0.15) is 0 Å². The SMILES string of the molecule is CCO/C=C/c1ccc(C)cc1C(=O)NC1(C(F)F)CCC1. The van der Waals surface area contributed by atoms with Crippen LogP contribution in [0, 0.1) is 6.92 Å². The van der Waals surface area contributed by atoms with E-state index >= 15 is 0 Å². The number of aryl methyl sites for hydroxylation is 1. The van der Waals surface area contributed by atoms with Crippen molar-refractivity contribution in [1.29, 1.82) is 0 Å². The minimum absolute atomic E-state index is 0.326. The number of halogens is 2. The van der Waals surface area contributed by atoms with Crippen molar-refractivity contribution in [1.82, 2.24) is 5.32 Å². The number of hydrogen-bond acceptors (Lipinski definition) is 2. The number of carbonyl (C=O) groups excluding carboxylic acids is 1. The van der Waals surface area contributed by atoms with Crippen molar-refractivity contribution in [2.24, 2.45) is 0 Å². The van der Waals surface area contributed by atoms with Crippen molar-refractivity contribution in [3.8, 4) is 0 Å². The molecule has 0 heterocycles. The first-order chi connectivity index (χ1) is 10.5. The zero-order valence-corrected chi connectivity index (χ0v) is 12.9. The zero-order chi connectivity index (χ0) is 16.2. The third-order valence-electron chi connectivity index (χ3n) is 3.99. The van der Waals surface area contributed by atoms with E-state index < -0.39 is 17.9 Å². The summed E-state index contributed by atoms with van der Waals surface area (Å²) in [6, 6.07) is 5.36. The lowest BCUT2D eigenvalue weighted by atomic mass is 9.76. The molecule has 1 N–H and O–H groups in total. The van der Waals surface area contributed by atoms with Gasteiger partial charge in [0.25, 0.3) is 12.3 Å². The molecule has 2 rings (SSSR count). The Morgan fingerprint density at radius 1 is 1.45 bits per heavy atom. The van der Waals surface area contributed by atoms with Gasteiger partial charge in [0.05, 0.1) is 12.9 Å². The summed E-state index contributed by atoms with van der Waals surface area (Å²) < 4.78 is 31.5. The molecule has 0 aromatic heterocycles. The van der Waals surface area contributed by atoms with Gasteiger partial charge in [-0.1, -0.05) is 17.7 Å². The summed E-state index contributed by atoms with van der Waals surface area (Å²) in [7, 11) is 0. The van der Waals surface area contributed by atoms with Crippen LogP contribution >= 0.6 is 0 Å². The van der Waals surface area contributed by atoms with E-state index in [-0.39, 0.29) is 0 Å². The molecule has 0 bridgehead atoms. The highest BCUT2D eigenvalue weighted by Crippen LogP contribution is 2.37. The van der Waals surface area contributed by atoms with Gasteiger partial charge in [0.2, 0.25) is 0 Å². The first kappa shape index (κ1) is 16.5. The van der Waals surface area contributed by atoms with Crippen molar-refractivity contribution in [2.45, 2.75) is 45.1 Å². The molecule has 1 aromatic rings. The molecule has 1 fully saturated rings. The summed E-state index contributed by atoms with van der Waals surface area (Å²) in [5, 5.41) is 2.54. The molecule has 1 amide bonds. The fourth-order valence-corrected chi connectivity index (χ4v) is 2.48. The Morgan fingerprint density at radius 2 is 2.18 bits per heavy atom. The third kappa shape index (κ3) is 3.46. The van der Waals surface area contributed by atoms with Crippen LogP contribution in [-0.4, -0.2) is 24.5 Å². The lowest BCUT2D eigenvalue weighted by molar-refractivity contribution is -0.0150. The van der Waals surface area contributed by atoms with Gasteiger partial charge < -0.3 is 10.1 Å². The van der Waals surface area contributed by atoms with E-state index in [1.807, 2.05) is 19.9 Å². The van der Waals surface area contributed by atoms with Crippen molar-refractivity contribution >= 4 is 12.0 Å². The van der Waals surface area contributed by atoms with Gasteiger partial charge in [0.1, 0.15) is 5.54 Å². The molecule has 0 saturated heterocycles. The summed E-state index contributed by atoms with van der Waals surface area (Å²) in [5.74, 6) is -0.458. The van der Waals surface area contributed by atoms with Gasteiger partial charge in [-0.3, -0.25) is 4.79 Å². The molecule has 0 radical (unpaired) electrons. The molecule has 22 heavy (non-hydrogen) atoms. The van der Waals surface area contributed by atoms with Crippen LogP contribution in [0.4, 0.5) is 8.78 Å². The van der Waals surface area contributed by atoms with Gasteiger partial charge in [-0.25, -0.2) is 8.78 Å². The second-order valence-electron chi connectivity index (χ2n) is 5.61. The molecular formula is C17H21F2NO2.